The van der Waals surface area contributed by atoms with E-state index < -0.39 is 0 Å². The van der Waals surface area contributed by atoms with Crippen molar-refractivity contribution in [3.8, 4) is 22.8 Å². The lowest BCUT2D eigenvalue weighted by molar-refractivity contribution is -0.661. The summed E-state index contributed by atoms with van der Waals surface area (Å²) in [6.07, 6.45) is 3.29. The van der Waals surface area contributed by atoms with E-state index in [2.05, 4.69) is 82.8 Å². The highest BCUT2D eigenvalue weighted by molar-refractivity contribution is 6.04. The number of hydrogen-bond donors (Lipinski definition) is 0. The van der Waals surface area contributed by atoms with Crippen molar-refractivity contribution < 1.29 is 9.30 Å². The van der Waals surface area contributed by atoms with E-state index >= 15 is 0 Å². The van der Waals surface area contributed by atoms with Gasteiger partial charge in [-0.3, -0.25) is 0 Å². The van der Waals surface area contributed by atoms with E-state index in [4.69, 9.17) is 4.74 Å². The minimum atomic E-state index is 0.250. The fraction of sp³-hybridized carbons (Fsp3) is 0.348. The number of aromatic nitrogens is 1. The number of nitrogens with zero attached hydrogens (tertiary/aromatic N) is 1. The molecule has 128 valence electrons. The first kappa shape index (κ1) is 16.1. The largest absolute Gasteiger partial charge is 0.450 e. The van der Waals surface area contributed by atoms with Crippen molar-refractivity contribution in [3.05, 3.63) is 53.2 Å². The number of rotatable bonds is 1. The van der Waals surface area contributed by atoms with Crippen molar-refractivity contribution in [3.63, 3.8) is 0 Å². The third kappa shape index (κ3) is 2.60. The molecule has 0 fully saturated rings. The maximum atomic E-state index is 6.36. The highest BCUT2D eigenvalue weighted by Crippen LogP contribution is 2.47. The van der Waals surface area contributed by atoms with Crippen molar-refractivity contribution in [2.45, 2.75) is 41.0 Å². The SMILES string of the molecule is Cc1cc2cccc3c2c(c1C)-c1c(cc(CC(C)(C)C)c[n+]1C)O3. The van der Waals surface area contributed by atoms with Gasteiger partial charge >= 0.3 is 0 Å². The van der Waals surface area contributed by atoms with Crippen molar-refractivity contribution in [1.82, 2.24) is 0 Å². The third-order valence-electron chi connectivity index (χ3n) is 5.10. The van der Waals surface area contributed by atoms with Crippen LogP contribution in [0.3, 0.4) is 0 Å². The van der Waals surface area contributed by atoms with Crippen LogP contribution in [0.5, 0.6) is 11.5 Å². The number of pyridine rings is 1. The Kier molecular flexibility index (Phi) is 3.44. The molecule has 25 heavy (non-hydrogen) atoms. The fourth-order valence-corrected chi connectivity index (χ4v) is 4.01. The zero-order valence-electron chi connectivity index (χ0n) is 16.0. The molecule has 0 unspecified atom stereocenters. The Morgan fingerprint density at radius 1 is 1.04 bits per heavy atom. The number of ether oxygens (including phenoxy) is 1. The Balaban J connectivity index is 2.03. The highest BCUT2D eigenvalue weighted by atomic mass is 16.5. The van der Waals surface area contributed by atoms with Gasteiger partial charge in [-0.25, -0.2) is 0 Å². The minimum absolute atomic E-state index is 0.250. The van der Waals surface area contributed by atoms with Crippen molar-refractivity contribution in [2.75, 3.05) is 0 Å². The molecule has 0 radical (unpaired) electrons. The van der Waals surface area contributed by atoms with E-state index in [0.717, 1.165) is 17.9 Å². The Hall–Kier alpha value is -2.35. The summed E-state index contributed by atoms with van der Waals surface area (Å²) in [4.78, 5) is 0. The molecule has 0 bridgehead atoms. The van der Waals surface area contributed by atoms with E-state index in [9.17, 15) is 0 Å². The molecule has 2 heterocycles. The topological polar surface area (TPSA) is 13.1 Å². The summed E-state index contributed by atoms with van der Waals surface area (Å²) in [5.41, 5.74) is 6.73. The maximum absolute atomic E-state index is 6.36. The molecule has 0 saturated carbocycles. The van der Waals surface area contributed by atoms with Crippen LogP contribution < -0.4 is 9.30 Å². The van der Waals surface area contributed by atoms with Crippen LogP contribution in [0.25, 0.3) is 22.0 Å². The molecule has 1 aromatic heterocycles. The molecule has 0 N–H and O–H groups in total. The van der Waals surface area contributed by atoms with Crippen molar-refractivity contribution in [2.24, 2.45) is 12.5 Å². The predicted octanol–water partition coefficient (Wildman–Crippen LogP) is 5.64. The fourth-order valence-electron chi connectivity index (χ4n) is 4.01. The molecular formula is C23H26NO+. The van der Waals surface area contributed by atoms with E-state index in [1.807, 2.05) is 0 Å². The summed E-state index contributed by atoms with van der Waals surface area (Å²) in [5, 5.41) is 2.48. The highest BCUT2D eigenvalue weighted by Gasteiger charge is 2.30. The molecule has 2 nitrogen and oxygen atoms in total. The number of fused-ring (bicyclic) bond motifs is 2. The second-order valence-corrected chi connectivity index (χ2v) is 8.56. The van der Waals surface area contributed by atoms with E-state index in [-0.39, 0.29) is 5.41 Å². The van der Waals surface area contributed by atoms with E-state index in [0.29, 0.717) is 0 Å². The lowest BCUT2D eigenvalue weighted by Crippen LogP contribution is -2.33. The summed E-state index contributed by atoms with van der Waals surface area (Å²) in [6.45, 7) is 11.2. The van der Waals surface area contributed by atoms with Crippen LogP contribution in [0.15, 0.2) is 36.5 Å². The molecule has 4 rings (SSSR count). The summed E-state index contributed by atoms with van der Waals surface area (Å²) >= 11 is 0. The predicted molar refractivity (Wildman–Crippen MR) is 103 cm³/mol. The first-order valence-electron chi connectivity index (χ1n) is 8.98. The minimum Gasteiger partial charge on any atom is -0.450 e. The monoisotopic (exact) mass is 332 g/mol. The van der Waals surface area contributed by atoms with Gasteiger partial charge in [0.05, 0.1) is 5.56 Å². The first-order chi connectivity index (χ1) is 11.7. The zero-order valence-corrected chi connectivity index (χ0v) is 16.0. The number of hydrogen-bond acceptors (Lipinski definition) is 1. The van der Waals surface area contributed by atoms with E-state index in [1.165, 1.54) is 38.7 Å². The Morgan fingerprint density at radius 3 is 2.52 bits per heavy atom. The normalized spacial score (nSPS) is 12.9. The zero-order chi connectivity index (χ0) is 17.9. The molecule has 0 aliphatic carbocycles. The molecule has 2 aromatic carbocycles. The van der Waals surface area contributed by atoms with Gasteiger partial charge in [-0.05, 0) is 54.3 Å². The number of benzene rings is 2. The maximum Gasteiger partial charge on any atom is 0.256 e. The van der Waals surface area contributed by atoms with Crippen molar-refractivity contribution in [1.29, 1.82) is 0 Å². The average Bonchev–Trinajstić information content (AvgIpc) is 2.49. The second-order valence-electron chi connectivity index (χ2n) is 8.56. The first-order valence-corrected chi connectivity index (χ1v) is 8.98. The van der Waals surface area contributed by atoms with Crippen LogP contribution in [0.1, 0.15) is 37.5 Å². The molecule has 1 aliphatic rings. The van der Waals surface area contributed by atoms with Gasteiger partial charge in [0, 0.05) is 10.9 Å². The van der Waals surface area contributed by atoms with Crippen LogP contribution in [0, 0.1) is 19.3 Å². The molecule has 1 aliphatic heterocycles. The average molecular weight is 332 g/mol. The van der Waals surface area contributed by atoms with Gasteiger partial charge in [0.15, 0.2) is 11.9 Å². The molecule has 2 heteroatoms. The van der Waals surface area contributed by atoms with Gasteiger partial charge < -0.3 is 4.74 Å². The molecular weight excluding hydrogens is 306 g/mol. The lowest BCUT2D eigenvalue weighted by Gasteiger charge is -2.23. The van der Waals surface area contributed by atoms with Gasteiger partial charge in [-0.15, -0.1) is 0 Å². The van der Waals surface area contributed by atoms with Gasteiger partial charge in [-0.1, -0.05) is 39.0 Å². The standard InChI is InChI=1S/C23H26NO/c1-14-10-17-8-7-9-18-21(17)20(15(14)2)22-19(25-18)11-16(13-24(22)6)12-23(3,4)5/h7-11,13H,12H2,1-6H3/q+1. The van der Waals surface area contributed by atoms with Crippen LogP contribution in [0.2, 0.25) is 0 Å². The van der Waals surface area contributed by atoms with Crippen molar-refractivity contribution >= 4 is 10.8 Å². The lowest BCUT2D eigenvalue weighted by atomic mass is 9.87. The van der Waals surface area contributed by atoms with Gasteiger partial charge in [0.25, 0.3) is 5.69 Å². The van der Waals surface area contributed by atoms with Gasteiger partial charge in [-0.2, -0.15) is 4.57 Å². The molecule has 0 amide bonds. The van der Waals surface area contributed by atoms with E-state index in [1.54, 1.807) is 0 Å². The molecule has 0 atom stereocenters. The molecule has 0 saturated heterocycles. The van der Waals surface area contributed by atoms with Crippen LogP contribution >= 0.6 is 0 Å². The van der Waals surface area contributed by atoms with Crippen LogP contribution in [-0.2, 0) is 13.5 Å². The molecule has 3 aromatic rings. The Bertz CT molecular complexity index is 1010. The van der Waals surface area contributed by atoms with Crippen LogP contribution in [0.4, 0.5) is 0 Å². The summed E-state index contributed by atoms with van der Waals surface area (Å²) in [6, 6.07) is 10.8. The van der Waals surface area contributed by atoms with Gasteiger partial charge in [0.2, 0.25) is 0 Å². The summed E-state index contributed by atoms with van der Waals surface area (Å²) in [5.74, 6) is 1.94. The molecule has 0 spiro atoms. The third-order valence-corrected chi connectivity index (χ3v) is 5.10. The Labute approximate surface area is 150 Å². The quantitative estimate of drug-likeness (QED) is 0.411. The van der Waals surface area contributed by atoms with Crippen LogP contribution in [-0.4, -0.2) is 0 Å². The summed E-state index contributed by atoms with van der Waals surface area (Å²) < 4.78 is 8.60. The smallest absolute Gasteiger partial charge is 0.256 e. The van der Waals surface area contributed by atoms with Gasteiger partial charge in [0.1, 0.15) is 12.8 Å². The summed E-state index contributed by atoms with van der Waals surface area (Å²) in [7, 11) is 2.13. The Morgan fingerprint density at radius 2 is 1.80 bits per heavy atom. The second kappa shape index (κ2) is 5.32. The number of aryl methyl sites for hydroxylation is 2.